The summed E-state index contributed by atoms with van der Waals surface area (Å²) in [5.74, 6) is -0.132. The van der Waals surface area contributed by atoms with E-state index in [-0.39, 0.29) is 5.82 Å². The Kier molecular flexibility index (Phi) is 3.47. The van der Waals surface area contributed by atoms with Crippen LogP contribution >= 0.6 is 11.5 Å². The Morgan fingerprint density at radius 3 is 2.61 bits per heavy atom. The lowest BCUT2D eigenvalue weighted by molar-refractivity contribution is 0.0603. The number of piperidine rings is 1. The van der Waals surface area contributed by atoms with E-state index in [0.717, 1.165) is 30.9 Å². The number of rotatable bonds is 2. The van der Waals surface area contributed by atoms with Gasteiger partial charge in [0.05, 0.1) is 7.11 Å². The molecular weight excluding hydrogens is 250 g/mol. The fourth-order valence-corrected chi connectivity index (χ4v) is 2.97. The maximum absolute atomic E-state index is 11.7. The minimum absolute atomic E-state index is 0.270. The molecule has 6 heteroatoms. The number of nitrogen functional groups attached to an aromatic ring is 1. The maximum Gasteiger partial charge on any atom is 0.344 e. The molecule has 1 aliphatic rings. The topological polar surface area (TPSA) is 68.5 Å². The molecule has 0 saturated carbocycles. The maximum atomic E-state index is 11.7. The van der Waals surface area contributed by atoms with Gasteiger partial charge >= 0.3 is 5.97 Å². The summed E-state index contributed by atoms with van der Waals surface area (Å²) in [5.41, 5.74) is 6.54. The van der Waals surface area contributed by atoms with E-state index in [0.29, 0.717) is 11.0 Å². The summed E-state index contributed by atoms with van der Waals surface area (Å²) in [6.07, 6.45) is 2.21. The average molecular weight is 269 g/mol. The molecule has 1 aromatic heterocycles. The molecule has 1 aromatic rings. The zero-order valence-electron chi connectivity index (χ0n) is 11.0. The molecule has 0 atom stereocenters. The SMILES string of the molecule is COC(=O)c1c(N)nsc1N1CCC(C)(C)CC1. The number of carbonyl (C=O) groups is 1. The summed E-state index contributed by atoms with van der Waals surface area (Å²) in [6.45, 7) is 6.40. The Morgan fingerprint density at radius 2 is 2.06 bits per heavy atom. The largest absolute Gasteiger partial charge is 0.465 e. The van der Waals surface area contributed by atoms with Gasteiger partial charge in [-0.15, -0.1) is 0 Å². The number of aromatic nitrogens is 1. The van der Waals surface area contributed by atoms with Gasteiger partial charge in [-0.25, -0.2) is 4.79 Å². The van der Waals surface area contributed by atoms with Gasteiger partial charge in [0.2, 0.25) is 0 Å². The van der Waals surface area contributed by atoms with Gasteiger partial charge in [0.1, 0.15) is 10.6 Å². The molecule has 0 bridgehead atoms. The molecule has 2 heterocycles. The van der Waals surface area contributed by atoms with Crippen LogP contribution in [0.15, 0.2) is 0 Å². The highest BCUT2D eigenvalue weighted by atomic mass is 32.1. The van der Waals surface area contributed by atoms with Crippen LogP contribution in [0, 0.1) is 5.41 Å². The Bertz CT molecular complexity index is 446. The van der Waals surface area contributed by atoms with Crippen molar-refractivity contribution < 1.29 is 9.53 Å². The minimum atomic E-state index is -0.402. The number of nitrogens with zero attached hydrogens (tertiary/aromatic N) is 2. The quantitative estimate of drug-likeness (QED) is 0.833. The number of esters is 1. The third-order valence-electron chi connectivity index (χ3n) is 3.49. The first-order valence-corrected chi connectivity index (χ1v) is 6.80. The van der Waals surface area contributed by atoms with Crippen LogP contribution in [0.3, 0.4) is 0 Å². The van der Waals surface area contributed by atoms with Crippen LogP contribution in [-0.2, 0) is 4.74 Å². The number of anilines is 2. The third kappa shape index (κ3) is 2.43. The van der Waals surface area contributed by atoms with Crippen molar-refractivity contribution in [2.45, 2.75) is 26.7 Å². The summed E-state index contributed by atoms with van der Waals surface area (Å²) < 4.78 is 8.84. The fraction of sp³-hybridized carbons (Fsp3) is 0.667. The van der Waals surface area contributed by atoms with Gasteiger partial charge in [-0.2, -0.15) is 4.37 Å². The molecule has 2 N–H and O–H groups in total. The van der Waals surface area contributed by atoms with Crippen molar-refractivity contribution in [2.24, 2.45) is 5.41 Å². The van der Waals surface area contributed by atoms with E-state index in [9.17, 15) is 4.79 Å². The molecule has 0 unspecified atom stereocenters. The zero-order valence-corrected chi connectivity index (χ0v) is 11.8. The van der Waals surface area contributed by atoms with E-state index >= 15 is 0 Å². The fourth-order valence-electron chi connectivity index (χ4n) is 2.12. The summed E-state index contributed by atoms with van der Waals surface area (Å²) >= 11 is 1.28. The normalized spacial score (nSPS) is 18.7. The van der Waals surface area contributed by atoms with Gasteiger partial charge in [0.15, 0.2) is 5.82 Å². The lowest BCUT2D eigenvalue weighted by Gasteiger charge is -2.37. The van der Waals surface area contributed by atoms with Crippen LogP contribution < -0.4 is 10.6 Å². The molecule has 1 saturated heterocycles. The van der Waals surface area contributed by atoms with Crippen molar-refractivity contribution in [1.82, 2.24) is 4.37 Å². The number of ether oxygens (including phenoxy) is 1. The van der Waals surface area contributed by atoms with Gasteiger partial charge < -0.3 is 15.4 Å². The second kappa shape index (κ2) is 4.76. The summed E-state index contributed by atoms with van der Waals surface area (Å²) in [5, 5.41) is 0.842. The first-order chi connectivity index (χ1) is 8.44. The average Bonchev–Trinajstić information content (AvgIpc) is 2.70. The Balaban J connectivity index is 2.22. The van der Waals surface area contributed by atoms with Crippen molar-refractivity contribution in [1.29, 1.82) is 0 Å². The van der Waals surface area contributed by atoms with E-state index in [4.69, 9.17) is 10.5 Å². The lowest BCUT2D eigenvalue weighted by atomic mass is 9.83. The van der Waals surface area contributed by atoms with Crippen molar-refractivity contribution in [3.63, 3.8) is 0 Å². The summed E-state index contributed by atoms with van der Waals surface area (Å²) in [4.78, 5) is 13.9. The molecule has 0 aromatic carbocycles. The second-order valence-electron chi connectivity index (χ2n) is 5.39. The van der Waals surface area contributed by atoms with Crippen LogP contribution in [0.1, 0.15) is 37.0 Å². The number of carbonyl (C=O) groups excluding carboxylic acids is 1. The molecule has 5 nitrogen and oxygen atoms in total. The number of methoxy groups -OCH3 is 1. The molecular formula is C12H19N3O2S. The molecule has 0 amide bonds. The molecule has 18 heavy (non-hydrogen) atoms. The van der Waals surface area contributed by atoms with Crippen LogP contribution in [0.2, 0.25) is 0 Å². The summed E-state index contributed by atoms with van der Waals surface area (Å²) in [7, 11) is 1.36. The Labute approximate surface area is 111 Å². The number of nitrogens with two attached hydrogens (primary N) is 1. The zero-order chi connectivity index (χ0) is 13.3. The Hall–Kier alpha value is -1.30. The molecule has 0 aliphatic carbocycles. The molecule has 0 radical (unpaired) electrons. The highest BCUT2D eigenvalue weighted by Crippen LogP contribution is 2.37. The summed E-state index contributed by atoms with van der Waals surface area (Å²) in [6, 6.07) is 0. The number of hydrogen-bond donors (Lipinski definition) is 1. The molecule has 100 valence electrons. The predicted molar refractivity (Wildman–Crippen MR) is 73.1 cm³/mol. The van der Waals surface area contributed by atoms with E-state index in [2.05, 4.69) is 23.1 Å². The molecule has 2 rings (SSSR count). The number of hydrogen-bond acceptors (Lipinski definition) is 6. The molecule has 0 spiro atoms. The van der Waals surface area contributed by atoms with Gasteiger partial charge in [-0.05, 0) is 29.8 Å². The smallest absolute Gasteiger partial charge is 0.344 e. The monoisotopic (exact) mass is 269 g/mol. The van der Waals surface area contributed by atoms with Crippen molar-refractivity contribution in [3.05, 3.63) is 5.56 Å². The van der Waals surface area contributed by atoms with Crippen LogP contribution in [0.25, 0.3) is 0 Å². The highest BCUT2D eigenvalue weighted by Gasteiger charge is 2.30. The van der Waals surface area contributed by atoms with E-state index in [1.165, 1.54) is 18.6 Å². The predicted octanol–water partition coefficient (Wildman–Crippen LogP) is 2.14. The van der Waals surface area contributed by atoms with Gasteiger partial charge in [-0.3, -0.25) is 0 Å². The first kappa shape index (κ1) is 13.1. The van der Waals surface area contributed by atoms with Crippen LogP contribution in [0.4, 0.5) is 10.8 Å². The lowest BCUT2D eigenvalue weighted by Crippen LogP contribution is -2.37. The van der Waals surface area contributed by atoms with Crippen molar-refractivity contribution >= 4 is 28.3 Å². The second-order valence-corrected chi connectivity index (χ2v) is 6.14. The van der Waals surface area contributed by atoms with Gasteiger partial charge in [0, 0.05) is 13.1 Å². The minimum Gasteiger partial charge on any atom is -0.465 e. The van der Waals surface area contributed by atoms with Gasteiger partial charge in [-0.1, -0.05) is 13.8 Å². The van der Waals surface area contributed by atoms with Crippen LogP contribution in [0.5, 0.6) is 0 Å². The molecule has 1 fully saturated rings. The van der Waals surface area contributed by atoms with E-state index in [1.807, 2.05) is 0 Å². The van der Waals surface area contributed by atoms with Crippen LogP contribution in [-0.4, -0.2) is 30.5 Å². The Morgan fingerprint density at radius 1 is 1.44 bits per heavy atom. The van der Waals surface area contributed by atoms with Crippen molar-refractivity contribution in [3.8, 4) is 0 Å². The third-order valence-corrected chi connectivity index (χ3v) is 4.42. The van der Waals surface area contributed by atoms with Gasteiger partial charge in [0.25, 0.3) is 0 Å². The van der Waals surface area contributed by atoms with E-state index in [1.54, 1.807) is 0 Å². The standard InChI is InChI=1S/C12H19N3O2S/c1-12(2)4-6-15(7-5-12)10-8(11(16)17-3)9(13)14-18-10/h4-7H2,1-3H3,(H2,13,14). The molecule has 1 aliphatic heterocycles. The first-order valence-electron chi connectivity index (χ1n) is 6.03. The highest BCUT2D eigenvalue weighted by molar-refractivity contribution is 7.11. The van der Waals surface area contributed by atoms with Crippen molar-refractivity contribution in [2.75, 3.05) is 30.8 Å². The van der Waals surface area contributed by atoms with E-state index < -0.39 is 5.97 Å².